The summed E-state index contributed by atoms with van der Waals surface area (Å²) in [5.41, 5.74) is 2.90. The molecule has 2 heterocycles. The summed E-state index contributed by atoms with van der Waals surface area (Å²) in [6.45, 7) is 6.13. The molecule has 0 fully saturated rings. The van der Waals surface area contributed by atoms with Gasteiger partial charge in [-0.15, -0.1) is 0 Å². The monoisotopic (exact) mass is 316 g/mol. The Morgan fingerprint density at radius 3 is 2.87 bits per heavy atom. The number of carbonyl (C=O) groups excluding carboxylic acids is 1. The van der Waals surface area contributed by atoms with E-state index in [1.165, 1.54) is 11.8 Å². The van der Waals surface area contributed by atoms with Crippen LogP contribution in [-0.4, -0.2) is 30.9 Å². The van der Waals surface area contributed by atoms with Crippen molar-refractivity contribution in [2.75, 3.05) is 24.1 Å². The van der Waals surface area contributed by atoms with Gasteiger partial charge in [-0.25, -0.2) is 9.86 Å². The van der Waals surface area contributed by atoms with Gasteiger partial charge in [0.1, 0.15) is 0 Å². The molecule has 1 aromatic carbocycles. The van der Waals surface area contributed by atoms with E-state index in [1.54, 1.807) is 20.1 Å². The third-order valence-electron chi connectivity index (χ3n) is 4.26. The van der Waals surface area contributed by atoms with Gasteiger partial charge in [0.05, 0.1) is 30.7 Å². The topological polar surface area (TPSA) is 71.0 Å². The molecule has 122 valence electrons. The number of rotatable bonds is 3. The van der Waals surface area contributed by atoms with Crippen molar-refractivity contribution in [2.45, 2.75) is 26.8 Å². The van der Waals surface area contributed by atoms with Crippen LogP contribution in [-0.2, 0) is 9.53 Å². The van der Waals surface area contributed by atoms with E-state index in [1.807, 2.05) is 13.0 Å². The Balaban J connectivity index is 2.25. The Bertz CT molecular complexity index is 826. The summed E-state index contributed by atoms with van der Waals surface area (Å²) in [7, 11) is 1.58. The van der Waals surface area contributed by atoms with E-state index in [-0.39, 0.29) is 18.2 Å². The number of nitrogens with zero attached hydrogens (tertiary/aromatic N) is 1. The van der Waals surface area contributed by atoms with Crippen LogP contribution >= 0.6 is 0 Å². The van der Waals surface area contributed by atoms with Crippen molar-refractivity contribution in [3.8, 4) is 5.75 Å². The van der Waals surface area contributed by atoms with Crippen molar-refractivity contribution in [1.29, 1.82) is 0 Å². The molecule has 23 heavy (non-hydrogen) atoms. The van der Waals surface area contributed by atoms with Crippen molar-refractivity contribution < 1.29 is 19.5 Å². The van der Waals surface area contributed by atoms with E-state index in [0.29, 0.717) is 16.7 Å². The molecule has 1 atom stereocenters. The smallest absolute Gasteiger partial charge is 0.339 e. The molecule has 6 nitrogen and oxygen atoms in total. The minimum atomic E-state index is -0.483. The fraction of sp³-hybridized carbons (Fsp3) is 0.353. The number of benzene rings is 1. The molecule has 0 amide bonds. The zero-order valence-electron chi connectivity index (χ0n) is 13.6. The number of ether oxygens (including phenoxy) is 2. The number of anilines is 2. The SMILES string of the molecule is CCOC(=O)C1=CN(O)c2cc3c(c(OC)c2=C1)NC(C)C=3C. The van der Waals surface area contributed by atoms with E-state index in [4.69, 9.17) is 9.47 Å². The molecule has 0 radical (unpaired) electrons. The van der Waals surface area contributed by atoms with E-state index < -0.39 is 5.97 Å². The van der Waals surface area contributed by atoms with Crippen molar-refractivity contribution in [3.63, 3.8) is 0 Å². The van der Waals surface area contributed by atoms with Crippen LogP contribution in [0.15, 0.2) is 17.8 Å². The van der Waals surface area contributed by atoms with Gasteiger partial charge in [0.25, 0.3) is 0 Å². The Morgan fingerprint density at radius 2 is 2.22 bits per heavy atom. The van der Waals surface area contributed by atoms with Gasteiger partial charge in [0.15, 0.2) is 5.75 Å². The molecule has 0 aromatic heterocycles. The highest BCUT2D eigenvalue weighted by molar-refractivity contribution is 6.00. The second-order valence-corrected chi connectivity index (χ2v) is 5.61. The highest BCUT2D eigenvalue weighted by atomic mass is 16.5. The molecule has 0 saturated heterocycles. The zero-order valence-corrected chi connectivity index (χ0v) is 13.6. The maximum atomic E-state index is 12.0. The molecule has 6 heteroatoms. The number of nitrogens with one attached hydrogen (secondary N) is 1. The summed E-state index contributed by atoms with van der Waals surface area (Å²) in [5.74, 6) is 0.124. The lowest BCUT2D eigenvalue weighted by Crippen LogP contribution is -2.29. The summed E-state index contributed by atoms with van der Waals surface area (Å²) in [6.07, 6.45) is 3.03. The van der Waals surface area contributed by atoms with Crippen molar-refractivity contribution in [2.24, 2.45) is 0 Å². The first-order valence-electron chi connectivity index (χ1n) is 7.55. The number of esters is 1. The van der Waals surface area contributed by atoms with E-state index >= 15 is 0 Å². The summed E-state index contributed by atoms with van der Waals surface area (Å²) >= 11 is 0. The van der Waals surface area contributed by atoms with Crippen molar-refractivity contribution in [3.05, 3.63) is 28.3 Å². The Hall–Kier alpha value is -2.47. The Kier molecular flexibility index (Phi) is 3.77. The van der Waals surface area contributed by atoms with Crippen molar-refractivity contribution in [1.82, 2.24) is 0 Å². The maximum absolute atomic E-state index is 12.0. The first-order chi connectivity index (χ1) is 11.0. The average molecular weight is 316 g/mol. The Morgan fingerprint density at radius 1 is 1.48 bits per heavy atom. The van der Waals surface area contributed by atoms with Gasteiger partial charge >= 0.3 is 5.97 Å². The lowest BCUT2D eigenvalue weighted by molar-refractivity contribution is -0.138. The minimum Gasteiger partial charge on any atom is -0.494 e. The number of fused-ring (bicyclic) bond motifs is 2. The van der Waals surface area contributed by atoms with Gasteiger partial charge in [0.2, 0.25) is 0 Å². The van der Waals surface area contributed by atoms with Crippen LogP contribution < -0.4 is 25.6 Å². The van der Waals surface area contributed by atoms with Crippen LogP contribution in [0.4, 0.5) is 11.4 Å². The number of hydroxylamine groups is 1. The third kappa shape index (κ3) is 2.35. The summed E-state index contributed by atoms with van der Waals surface area (Å²) < 4.78 is 10.6. The number of hydrogen-bond acceptors (Lipinski definition) is 6. The molecule has 0 aliphatic carbocycles. The van der Waals surface area contributed by atoms with E-state index in [2.05, 4.69) is 12.2 Å². The van der Waals surface area contributed by atoms with Gasteiger partial charge in [-0.3, -0.25) is 5.21 Å². The highest BCUT2D eigenvalue weighted by Gasteiger charge is 2.25. The molecule has 0 saturated carbocycles. The van der Waals surface area contributed by atoms with Gasteiger partial charge < -0.3 is 14.8 Å². The van der Waals surface area contributed by atoms with Crippen LogP contribution in [0.2, 0.25) is 0 Å². The number of carbonyl (C=O) groups is 1. The number of methoxy groups -OCH3 is 1. The number of hydrogen-bond donors (Lipinski definition) is 2. The summed E-state index contributed by atoms with van der Waals surface area (Å²) in [4.78, 5) is 12.0. The van der Waals surface area contributed by atoms with Gasteiger partial charge in [-0.2, -0.15) is 0 Å². The van der Waals surface area contributed by atoms with Crippen LogP contribution in [0.3, 0.4) is 0 Å². The first kappa shape index (κ1) is 15.4. The second-order valence-electron chi connectivity index (χ2n) is 5.61. The maximum Gasteiger partial charge on any atom is 0.339 e. The molecule has 2 aliphatic heterocycles. The largest absolute Gasteiger partial charge is 0.494 e. The predicted molar refractivity (Wildman–Crippen MR) is 87.9 cm³/mol. The third-order valence-corrected chi connectivity index (χ3v) is 4.26. The normalized spacial score (nSPS) is 18.5. The first-order valence-corrected chi connectivity index (χ1v) is 7.55. The quantitative estimate of drug-likeness (QED) is 0.814. The molecule has 1 unspecified atom stereocenters. The van der Waals surface area contributed by atoms with Crippen LogP contribution in [0.25, 0.3) is 11.6 Å². The molecule has 3 rings (SSSR count). The molecule has 2 N–H and O–H groups in total. The average Bonchev–Trinajstić information content (AvgIpc) is 2.80. The molecule has 0 spiro atoms. The molecule has 1 aromatic rings. The molecular weight excluding hydrogens is 296 g/mol. The fourth-order valence-corrected chi connectivity index (χ4v) is 2.93. The summed E-state index contributed by atoms with van der Waals surface area (Å²) in [5, 5.41) is 16.3. The van der Waals surface area contributed by atoms with Crippen LogP contribution in [0.1, 0.15) is 20.8 Å². The predicted octanol–water partition coefficient (Wildman–Crippen LogP) is 1.12. The summed E-state index contributed by atoms with van der Waals surface area (Å²) in [6, 6.07) is 2.08. The highest BCUT2D eigenvalue weighted by Crippen LogP contribution is 2.28. The van der Waals surface area contributed by atoms with Gasteiger partial charge in [-0.1, -0.05) is 0 Å². The van der Waals surface area contributed by atoms with Crippen LogP contribution in [0, 0.1) is 0 Å². The fourth-order valence-electron chi connectivity index (χ4n) is 2.93. The van der Waals surface area contributed by atoms with Crippen LogP contribution in [0.5, 0.6) is 5.75 Å². The zero-order chi connectivity index (χ0) is 16.7. The standard InChI is InChI=1S/C17H20N2O4/c1-5-23-17(20)11-6-13-14(19(21)8-11)7-12-9(2)10(3)18-15(12)16(13)22-4/h6-8,10,18,21H,5H2,1-4H3. The van der Waals surface area contributed by atoms with Gasteiger partial charge in [0, 0.05) is 22.7 Å². The molecule has 2 aliphatic rings. The second kappa shape index (κ2) is 5.62. The van der Waals surface area contributed by atoms with E-state index in [0.717, 1.165) is 16.0 Å². The van der Waals surface area contributed by atoms with Crippen molar-refractivity contribution >= 4 is 29.0 Å². The van der Waals surface area contributed by atoms with E-state index in [9.17, 15) is 10.0 Å². The Labute approximate surface area is 134 Å². The lowest BCUT2D eigenvalue weighted by atomic mass is 10.1. The lowest BCUT2D eigenvalue weighted by Gasteiger charge is -2.21. The molecular formula is C17H20N2O4. The minimum absolute atomic E-state index is 0.187. The van der Waals surface area contributed by atoms with Gasteiger partial charge in [-0.05, 0) is 38.5 Å². The molecule has 0 bridgehead atoms.